The Hall–Kier alpha value is -4.81. The molecule has 0 radical (unpaired) electrons. The van der Waals surface area contributed by atoms with Gasteiger partial charge in [0.15, 0.2) is 17.0 Å². The number of amides is 2. The smallest absolute Gasteiger partial charge is 0.395 e. The van der Waals surface area contributed by atoms with Crippen molar-refractivity contribution >= 4 is 34.2 Å². The number of H-pyrrole nitrogens is 1. The predicted molar refractivity (Wildman–Crippen MR) is 131 cm³/mol. The summed E-state index contributed by atoms with van der Waals surface area (Å²) in [5.41, 5.74) is 2.84. The molecular weight excluding hydrogens is 502 g/mol. The number of hydrogen-bond acceptors (Lipinski definition) is 7. The van der Waals surface area contributed by atoms with Crippen LogP contribution < -0.4 is 24.8 Å². The summed E-state index contributed by atoms with van der Waals surface area (Å²) in [6.07, 6.45) is -2.11. The Kier molecular flexibility index (Phi) is 5.19. The molecule has 0 aliphatic carbocycles. The molecule has 2 aliphatic heterocycles. The number of benzene rings is 2. The molecule has 2 amide bonds. The second-order valence-corrected chi connectivity index (χ2v) is 8.85. The van der Waals surface area contributed by atoms with Gasteiger partial charge in [-0.3, -0.25) is 14.4 Å². The SMILES string of the molecule is CCN(C(=O)Cn1nc(-c2ccc3c(c2)N(C)C(=O)C3)c2[nH]cnc2c1=O)c1ccc2c(c1)OC(F)(F)O2. The number of aromatic amines is 1. The first kappa shape index (κ1) is 23.6. The standard InChI is InChI=1S/C25H20F2N6O5/c1-3-32(15-6-7-17-18(10-15)38-25(26,27)37-17)20(35)11-33-24(36)23-22(28-12-29-23)21(30-33)14-5-4-13-9-19(34)31(2)16(13)8-14/h4-8,10,12H,3,9,11H2,1-2H3,(H,28,29). The fourth-order valence-electron chi connectivity index (χ4n) is 4.70. The highest BCUT2D eigenvalue weighted by atomic mass is 19.3. The van der Waals surface area contributed by atoms with Crippen LogP contribution in [-0.2, 0) is 22.6 Å². The van der Waals surface area contributed by atoms with E-state index >= 15 is 0 Å². The van der Waals surface area contributed by atoms with Crippen molar-refractivity contribution in [3.8, 4) is 22.8 Å². The highest BCUT2D eigenvalue weighted by Gasteiger charge is 2.43. The van der Waals surface area contributed by atoms with Crippen LogP contribution in [0.1, 0.15) is 12.5 Å². The molecule has 0 saturated carbocycles. The lowest BCUT2D eigenvalue weighted by molar-refractivity contribution is -0.286. The first-order valence-electron chi connectivity index (χ1n) is 11.7. The maximum absolute atomic E-state index is 13.4. The third-order valence-electron chi connectivity index (χ3n) is 6.57. The van der Waals surface area contributed by atoms with Gasteiger partial charge in [-0.25, -0.2) is 9.67 Å². The van der Waals surface area contributed by atoms with Crippen molar-refractivity contribution in [1.29, 1.82) is 0 Å². The van der Waals surface area contributed by atoms with Crippen molar-refractivity contribution in [2.45, 2.75) is 26.2 Å². The molecule has 6 rings (SSSR count). The Morgan fingerprint density at radius 1 is 1.16 bits per heavy atom. The van der Waals surface area contributed by atoms with Crippen LogP contribution in [0, 0.1) is 0 Å². The number of carbonyl (C=O) groups excluding carboxylic acids is 2. The van der Waals surface area contributed by atoms with E-state index in [0.717, 1.165) is 15.9 Å². The normalized spacial score (nSPS) is 15.3. The summed E-state index contributed by atoms with van der Waals surface area (Å²) in [4.78, 5) is 48.5. The van der Waals surface area contributed by atoms with Gasteiger partial charge >= 0.3 is 6.29 Å². The molecule has 2 aromatic heterocycles. The lowest BCUT2D eigenvalue weighted by Crippen LogP contribution is -2.37. The Morgan fingerprint density at radius 3 is 2.74 bits per heavy atom. The van der Waals surface area contributed by atoms with Gasteiger partial charge in [0.25, 0.3) is 5.56 Å². The Balaban J connectivity index is 1.36. The van der Waals surface area contributed by atoms with E-state index in [4.69, 9.17) is 0 Å². The van der Waals surface area contributed by atoms with Crippen molar-refractivity contribution in [3.63, 3.8) is 0 Å². The van der Waals surface area contributed by atoms with Crippen LogP contribution in [0.2, 0.25) is 0 Å². The van der Waals surface area contributed by atoms with Gasteiger partial charge in [0.05, 0.1) is 18.3 Å². The molecule has 4 heterocycles. The number of ether oxygens (including phenoxy) is 2. The van der Waals surface area contributed by atoms with Crippen molar-refractivity contribution in [1.82, 2.24) is 19.7 Å². The third-order valence-corrected chi connectivity index (χ3v) is 6.57. The molecule has 0 atom stereocenters. The summed E-state index contributed by atoms with van der Waals surface area (Å²) in [5, 5.41) is 4.48. The number of carbonyl (C=O) groups is 2. The molecule has 38 heavy (non-hydrogen) atoms. The minimum absolute atomic E-state index is 0.0285. The molecule has 2 aliphatic rings. The number of imidazole rings is 1. The number of hydrogen-bond donors (Lipinski definition) is 1. The van der Waals surface area contributed by atoms with E-state index in [0.29, 0.717) is 23.2 Å². The quantitative estimate of drug-likeness (QED) is 0.428. The molecule has 0 saturated heterocycles. The molecule has 0 spiro atoms. The van der Waals surface area contributed by atoms with E-state index in [-0.39, 0.29) is 35.2 Å². The molecule has 1 N–H and O–H groups in total. The fourth-order valence-corrected chi connectivity index (χ4v) is 4.70. The molecule has 2 aromatic carbocycles. The number of nitrogens with zero attached hydrogens (tertiary/aromatic N) is 5. The third kappa shape index (κ3) is 3.74. The first-order valence-corrected chi connectivity index (χ1v) is 11.7. The van der Waals surface area contributed by atoms with E-state index in [1.807, 2.05) is 6.07 Å². The predicted octanol–water partition coefficient (Wildman–Crippen LogP) is 2.68. The van der Waals surface area contributed by atoms with Crippen LogP contribution in [0.15, 0.2) is 47.5 Å². The molecule has 4 aromatic rings. The van der Waals surface area contributed by atoms with Gasteiger partial charge in [-0.2, -0.15) is 5.10 Å². The van der Waals surface area contributed by atoms with E-state index in [2.05, 4.69) is 24.5 Å². The molecule has 194 valence electrons. The minimum atomic E-state index is -3.78. The number of aromatic nitrogens is 4. The molecule has 13 heteroatoms. The monoisotopic (exact) mass is 522 g/mol. The van der Waals surface area contributed by atoms with Gasteiger partial charge in [0.2, 0.25) is 11.8 Å². The number of anilines is 2. The molecule has 0 fully saturated rings. The van der Waals surface area contributed by atoms with E-state index in [9.17, 15) is 23.2 Å². The Bertz CT molecular complexity index is 1700. The van der Waals surface area contributed by atoms with Gasteiger partial charge in [0.1, 0.15) is 12.2 Å². The second-order valence-electron chi connectivity index (χ2n) is 8.85. The largest absolute Gasteiger partial charge is 0.586 e. The van der Waals surface area contributed by atoms with E-state index in [1.165, 1.54) is 29.4 Å². The number of rotatable bonds is 5. The summed E-state index contributed by atoms with van der Waals surface area (Å²) in [7, 11) is 1.69. The topological polar surface area (TPSA) is 123 Å². The van der Waals surface area contributed by atoms with Crippen molar-refractivity contribution < 1.29 is 27.8 Å². The lowest BCUT2D eigenvalue weighted by Gasteiger charge is -2.21. The molecule has 11 nitrogen and oxygen atoms in total. The van der Waals surface area contributed by atoms with Crippen molar-refractivity contribution in [2.75, 3.05) is 23.4 Å². The summed E-state index contributed by atoms with van der Waals surface area (Å²) in [6.45, 7) is 1.46. The van der Waals surface area contributed by atoms with Gasteiger partial charge in [-0.15, -0.1) is 8.78 Å². The minimum Gasteiger partial charge on any atom is -0.395 e. The summed E-state index contributed by atoms with van der Waals surface area (Å²) in [6, 6.07) is 9.45. The first-order chi connectivity index (χ1) is 18.1. The van der Waals surface area contributed by atoms with Gasteiger partial charge < -0.3 is 24.3 Å². The highest BCUT2D eigenvalue weighted by Crippen LogP contribution is 2.43. The molecule has 0 bridgehead atoms. The summed E-state index contributed by atoms with van der Waals surface area (Å²) in [5.74, 6) is -0.878. The van der Waals surface area contributed by atoms with Crippen LogP contribution >= 0.6 is 0 Å². The number of likely N-dealkylation sites (N-methyl/N-ethyl adjacent to an activating group) is 2. The summed E-state index contributed by atoms with van der Waals surface area (Å²) < 4.78 is 36.8. The zero-order chi connectivity index (χ0) is 26.8. The molecule has 0 unspecified atom stereocenters. The van der Waals surface area contributed by atoms with E-state index in [1.54, 1.807) is 31.0 Å². The number of alkyl halides is 2. The Labute approximate surface area is 213 Å². The average molecular weight is 522 g/mol. The van der Waals surface area contributed by atoms with Crippen LogP contribution in [-0.4, -0.2) is 51.4 Å². The second kappa shape index (κ2) is 8.36. The fraction of sp³-hybridized carbons (Fsp3) is 0.240. The van der Waals surface area contributed by atoms with Crippen LogP contribution in [0.5, 0.6) is 11.5 Å². The number of halogens is 2. The number of fused-ring (bicyclic) bond motifs is 3. The zero-order valence-electron chi connectivity index (χ0n) is 20.2. The van der Waals surface area contributed by atoms with E-state index < -0.39 is 24.3 Å². The van der Waals surface area contributed by atoms with Crippen LogP contribution in [0.25, 0.3) is 22.3 Å². The van der Waals surface area contributed by atoms with Gasteiger partial charge in [-0.1, -0.05) is 12.1 Å². The lowest BCUT2D eigenvalue weighted by atomic mass is 10.1. The van der Waals surface area contributed by atoms with Crippen LogP contribution in [0.4, 0.5) is 20.2 Å². The number of nitrogens with one attached hydrogen (secondary N) is 1. The van der Waals surface area contributed by atoms with Crippen molar-refractivity contribution in [3.05, 3.63) is 58.6 Å². The molecular formula is C25H20F2N6O5. The average Bonchev–Trinajstić information content (AvgIpc) is 3.56. The Morgan fingerprint density at radius 2 is 1.95 bits per heavy atom. The van der Waals surface area contributed by atoms with Crippen LogP contribution in [0.3, 0.4) is 0 Å². The van der Waals surface area contributed by atoms with Crippen molar-refractivity contribution in [2.24, 2.45) is 0 Å². The maximum atomic E-state index is 13.4. The summed E-state index contributed by atoms with van der Waals surface area (Å²) >= 11 is 0. The highest BCUT2D eigenvalue weighted by molar-refractivity contribution is 6.02. The van der Waals surface area contributed by atoms with Gasteiger partial charge in [-0.05, 0) is 30.7 Å². The van der Waals surface area contributed by atoms with Gasteiger partial charge in [0, 0.05) is 36.6 Å². The maximum Gasteiger partial charge on any atom is 0.586 e. The zero-order valence-corrected chi connectivity index (χ0v) is 20.2.